The van der Waals surface area contributed by atoms with Gasteiger partial charge in [-0.1, -0.05) is 25.4 Å². The van der Waals surface area contributed by atoms with E-state index < -0.39 is 5.82 Å². The van der Waals surface area contributed by atoms with Gasteiger partial charge >= 0.3 is 0 Å². The molecule has 1 nitrogen and oxygen atoms in total. The van der Waals surface area contributed by atoms with E-state index in [0.717, 1.165) is 6.20 Å². The first-order valence-electron chi connectivity index (χ1n) is 3.06. The molecule has 0 aliphatic carbocycles. The van der Waals surface area contributed by atoms with Crippen molar-refractivity contribution in [3.63, 3.8) is 0 Å². The Bertz CT molecular complexity index is 170. The highest BCUT2D eigenvalue weighted by Gasteiger charge is 1.92. The fourth-order valence-corrected chi connectivity index (χ4v) is 0.463. The summed E-state index contributed by atoms with van der Waals surface area (Å²) in [4.78, 5) is 3.49. The van der Waals surface area contributed by atoms with E-state index >= 15 is 0 Å². The van der Waals surface area contributed by atoms with Crippen molar-refractivity contribution in [1.29, 1.82) is 0 Å². The maximum Gasteiger partial charge on any atom is 0.160 e. The number of pyridine rings is 1. The Morgan fingerprint density at radius 3 is 2.40 bits per heavy atom. The predicted molar refractivity (Wildman–Crippen MR) is 40.6 cm³/mol. The molecule has 1 heterocycles. The monoisotopic (exact) mass is 161 g/mol. The van der Waals surface area contributed by atoms with Crippen molar-refractivity contribution in [1.82, 2.24) is 4.98 Å². The minimum atomic E-state index is -0.478. The van der Waals surface area contributed by atoms with Crippen molar-refractivity contribution < 1.29 is 4.39 Å². The third-order valence-corrected chi connectivity index (χ3v) is 1.03. The molecule has 0 radical (unpaired) electrons. The van der Waals surface area contributed by atoms with Crippen LogP contribution in [0.3, 0.4) is 0 Å². The Hall–Kier alpha value is -0.630. The van der Waals surface area contributed by atoms with Crippen molar-refractivity contribution >= 4 is 11.6 Å². The van der Waals surface area contributed by atoms with Crippen molar-refractivity contribution in [2.45, 2.75) is 13.8 Å². The molecular formula is C7H9ClFN. The maximum atomic E-state index is 12.1. The van der Waals surface area contributed by atoms with E-state index in [-0.39, 0.29) is 5.02 Å². The van der Waals surface area contributed by atoms with E-state index in [1.807, 2.05) is 13.8 Å². The van der Waals surface area contributed by atoms with Gasteiger partial charge in [0, 0.05) is 6.20 Å². The van der Waals surface area contributed by atoms with E-state index in [9.17, 15) is 4.39 Å². The van der Waals surface area contributed by atoms with Crippen molar-refractivity contribution in [3.05, 3.63) is 29.3 Å². The highest BCUT2D eigenvalue weighted by molar-refractivity contribution is 6.30. The lowest BCUT2D eigenvalue weighted by atomic mass is 10.5. The zero-order chi connectivity index (χ0) is 7.98. The Balaban J connectivity index is 0.000000371. The molecule has 1 aromatic heterocycles. The molecule has 3 heteroatoms. The van der Waals surface area contributed by atoms with E-state index in [1.54, 1.807) is 0 Å². The van der Waals surface area contributed by atoms with Gasteiger partial charge in [-0.25, -0.2) is 4.39 Å². The smallest absolute Gasteiger partial charge is 0.160 e. The van der Waals surface area contributed by atoms with Crippen molar-refractivity contribution in [3.8, 4) is 0 Å². The predicted octanol–water partition coefficient (Wildman–Crippen LogP) is 2.90. The number of hydrogen-bond acceptors (Lipinski definition) is 1. The van der Waals surface area contributed by atoms with Crippen LogP contribution in [0.4, 0.5) is 4.39 Å². The second-order valence-electron chi connectivity index (χ2n) is 1.29. The van der Waals surface area contributed by atoms with Crippen LogP contribution in [0.5, 0.6) is 0 Å². The van der Waals surface area contributed by atoms with Crippen LogP contribution in [0.25, 0.3) is 0 Å². The quantitative estimate of drug-likeness (QED) is 0.570. The van der Waals surface area contributed by atoms with Gasteiger partial charge in [-0.2, -0.15) is 0 Å². The topological polar surface area (TPSA) is 12.9 Å². The van der Waals surface area contributed by atoms with Crippen LogP contribution in [0.2, 0.25) is 5.02 Å². The lowest BCUT2D eigenvalue weighted by molar-refractivity contribution is 0.622. The van der Waals surface area contributed by atoms with Crippen LogP contribution in [0.1, 0.15) is 13.8 Å². The largest absolute Gasteiger partial charge is 0.262 e. The summed E-state index contributed by atoms with van der Waals surface area (Å²) in [7, 11) is 0. The second kappa shape index (κ2) is 5.18. The number of nitrogens with zero attached hydrogens (tertiary/aromatic N) is 1. The number of aromatic nitrogens is 1. The van der Waals surface area contributed by atoms with Gasteiger partial charge in [-0.3, -0.25) is 4.98 Å². The highest BCUT2D eigenvalue weighted by atomic mass is 35.5. The van der Waals surface area contributed by atoms with Gasteiger partial charge in [0.15, 0.2) is 5.82 Å². The zero-order valence-electron chi connectivity index (χ0n) is 5.94. The molecule has 0 saturated carbocycles. The molecule has 0 aliphatic heterocycles. The lowest BCUT2D eigenvalue weighted by Gasteiger charge is -1.86. The van der Waals surface area contributed by atoms with Crippen LogP contribution in [-0.4, -0.2) is 4.98 Å². The van der Waals surface area contributed by atoms with Gasteiger partial charge in [0.05, 0.1) is 11.2 Å². The second-order valence-corrected chi connectivity index (χ2v) is 1.70. The fraction of sp³-hybridized carbons (Fsp3) is 0.286. The summed E-state index contributed by atoms with van der Waals surface area (Å²) < 4.78 is 12.1. The number of halogens is 2. The summed E-state index contributed by atoms with van der Waals surface area (Å²) in [6, 6.07) is 1.40. The molecule has 1 aromatic rings. The summed E-state index contributed by atoms with van der Waals surface area (Å²) in [5, 5.41) is 0.111. The first kappa shape index (κ1) is 9.37. The highest BCUT2D eigenvalue weighted by Crippen LogP contribution is 2.09. The van der Waals surface area contributed by atoms with Gasteiger partial charge in [0.25, 0.3) is 0 Å². The Morgan fingerprint density at radius 2 is 2.10 bits per heavy atom. The molecule has 0 saturated heterocycles. The van der Waals surface area contributed by atoms with E-state index in [1.165, 1.54) is 12.3 Å². The van der Waals surface area contributed by atoms with Crippen LogP contribution in [-0.2, 0) is 0 Å². The maximum absolute atomic E-state index is 12.1. The van der Waals surface area contributed by atoms with Gasteiger partial charge in [0.2, 0.25) is 0 Å². The molecule has 0 bridgehead atoms. The van der Waals surface area contributed by atoms with Crippen LogP contribution in [0, 0.1) is 5.82 Å². The molecule has 0 atom stereocenters. The minimum Gasteiger partial charge on any atom is -0.262 e. The third-order valence-electron chi connectivity index (χ3n) is 0.723. The molecule has 0 N–H and O–H groups in total. The van der Waals surface area contributed by atoms with Crippen molar-refractivity contribution in [2.75, 3.05) is 0 Å². The Kier molecular flexibility index (Phi) is 4.85. The molecule has 0 spiro atoms. The van der Waals surface area contributed by atoms with Crippen LogP contribution >= 0.6 is 11.6 Å². The van der Waals surface area contributed by atoms with E-state index in [4.69, 9.17) is 11.6 Å². The summed E-state index contributed by atoms with van der Waals surface area (Å²) in [6.07, 6.45) is 2.51. The molecular weight excluding hydrogens is 153 g/mol. The first-order chi connectivity index (χ1) is 4.80. The lowest BCUT2D eigenvalue weighted by Crippen LogP contribution is -1.75. The molecule has 0 aliphatic rings. The fourth-order valence-electron chi connectivity index (χ4n) is 0.358. The van der Waals surface area contributed by atoms with E-state index in [2.05, 4.69) is 4.98 Å². The zero-order valence-corrected chi connectivity index (χ0v) is 6.69. The third kappa shape index (κ3) is 2.78. The summed E-state index contributed by atoms with van der Waals surface area (Å²) >= 11 is 5.29. The van der Waals surface area contributed by atoms with Gasteiger partial charge < -0.3 is 0 Å². The molecule has 1 rings (SSSR count). The van der Waals surface area contributed by atoms with Gasteiger partial charge in [-0.15, -0.1) is 0 Å². The molecule has 10 heavy (non-hydrogen) atoms. The summed E-state index contributed by atoms with van der Waals surface area (Å²) in [5.74, 6) is -0.478. The number of hydrogen-bond donors (Lipinski definition) is 0. The Labute approximate surface area is 64.9 Å². The Morgan fingerprint density at radius 1 is 1.50 bits per heavy atom. The SMILES string of the molecule is CC.Fc1cnccc1Cl. The average Bonchev–Trinajstić information content (AvgIpc) is 2.00. The van der Waals surface area contributed by atoms with Gasteiger partial charge in [0.1, 0.15) is 0 Å². The number of rotatable bonds is 0. The average molecular weight is 162 g/mol. The van der Waals surface area contributed by atoms with Gasteiger partial charge in [-0.05, 0) is 6.07 Å². The normalized spacial score (nSPS) is 8.00. The standard InChI is InChI=1S/C5H3ClFN.C2H6/c6-4-1-2-8-3-5(4)7;1-2/h1-3H;1-2H3. The first-order valence-corrected chi connectivity index (χ1v) is 3.43. The molecule has 0 fully saturated rings. The molecule has 56 valence electrons. The van der Waals surface area contributed by atoms with Crippen molar-refractivity contribution in [2.24, 2.45) is 0 Å². The van der Waals surface area contributed by atoms with E-state index in [0.29, 0.717) is 0 Å². The molecule has 0 unspecified atom stereocenters. The molecule has 0 amide bonds. The van der Waals surface area contributed by atoms with Crippen LogP contribution in [0.15, 0.2) is 18.5 Å². The molecule has 0 aromatic carbocycles. The minimum absolute atomic E-state index is 0.111. The summed E-state index contributed by atoms with van der Waals surface area (Å²) in [5.41, 5.74) is 0. The summed E-state index contributed by atoms with van der Waals surface area (Å²) in [6.45, 7) is 4.00. The van der Waals surface area contributed by atoms with Crippen LogP contribution < -0.4 is 0 Å².